The molecule has 1 heterocycles. The molecule has 2 aromatic carbocycles. The molecule has 0 bridgehead atoms. The second-order valence-corrected chi connectivity index (χ2v) is 9.29. The quantitative estimate of drug-likeness (QED) is 0.797. The Morgan fingerprint density at radius 2 is 2.00 bits per heavy atom. The van der Waals surface area contributed by atoms with Crippen LogP contribution in [-0.4, -0.2) is 33.5 Å². The molecule has 2 aromatic rings. The third-order valence-corrected chi connectivity index (χ3v) is 6.62. The number of hydrogen-bond donors (Lipinski definition) is 1. The number of likely N-dealkylation sites (N-methyl/N-ethyl adjacent to an activating group) is 1. The second-order valence-electron chi connectivity index (χ2n) is 6.67. The highest BCUT2D eigenvalue weighted by atomic mass is 35.5. The van der Waals surface area contributed by atoms with E-state index in [2.05, 4.69) is 9.62 Å². The minimum atomic E-state index is -3.51. The van der Waals surface area contributed by atoms with Gasteiger partial charge in [0.2, 0.25) is 10.0 Å². The van der Waals surface area contributed by atoms with Crippen molar-refractivity contribution in [2.45, 2.75) is 30.7 Å². The highest BCUT2D eigenvalue weighted by Crippen LogP contribution is 2.38. The average molecular weight is 413 g/mol. The van der Waals surface area contributed by atoms with Gasteiger partial charge in [0.1, 0.15) is 0 Å². The highest BCUT2D eigenvalue weighted by molar-refractivity contribution is 7.89. The maximum atomic E-state index is 12.5. The van der Waals surface area contributed by atoms with Crippen LogP contribution in [0.4, 0.5) is 0 Å². The summed E-state index contributed by atoms with van der Waals surface area (Å²) in [4.78, 5) is 2.47. The lowest BCUT2D eigenvalue weighted by Gasteiger charge is -2.33. The lowest BCUT2D eigenvalue weighted by molar-refractivity contribution is 0.295. The van der Waals surface area contributed by atoms with E-state index < -0.39 is 10.0 Å². The molecule has 0 amide bonds. The highest BCUT2D eigenvalue weighted by Gasteiger charge is 2.28. The Labute approximate surface area is 165 Å². The van der Waals surface area contributed by atoms with Crippen molar-refractivity contribution in [2.24, 2.45) is 0 Å². The summed E-state index contributed by atoms with van der Waals surface area (Å²) >= 11 is 12.6. The normalized spacial score (nSPS) is 17.9. The molecule has 1 atom stereocenters. The summed E-state index contributed by atoms with van der Waals surface area (Å²) in [5.41, 5.74) is 3.05. The summed E-state index contributed by atoms with van der Waals surface area (Å²) in [7, 11) is -1.47. The van der Waals surface area contributed by atoms with E-state index in [0.29, 0.717) is 16.6 Å². The molecular formula is C19H22Cl2N2O2S. The number of fused-ring (bicyclic) bond motifs is 1. The topological polar surface area (TPSA) is 49.4 Å². The van der Waals surface area contributed by atoms with Crippen molar-refractivity contribution in [1.29, 1.82) is 0 Å². The van der Waals surface area contributed by atoms with Gasteiger partial charge in [0.05, 0.1) is 4.90 Å². The minimum Gasteiger partial charge on any atom is -0.301 e. The molecule has 4 nitrogen and oxygen atoms in total. The zero-order chi connectivity index (χ0) is 18.9. The van der Waals surface area contributed by atoms with Gasteiger partial charge in [0.25, 0.3) is 0 Å². The van der Waals surface area contributed by atoms with Crippen molar-refractivity contribution >= 4 is 33.2 Å². The van der Waals surface area contributed by atoms with Crippen LogP contribution >= 0.6 is 23.2 Å². The summed E-state index contributed by atoms with van der Waals surface area (Å²) in [6.45, 7) is 3.88. The van der Waals surface area contributed by atoms with E-state index in [9.17, 15) is 8.42 Å². The summed E-state index contributed by atoms with van der Waals surface area (Å²) in [5, 5.41) is 1.24. The van der Waals surface area contributed by atoms with Gasteiger partial charge in [-0.3, -0.25) is 0 Å². The molecule has 0 aromatic heterocycles. The van der Waals surface area contributed by atoms with Crippen molar-refractivity contribution < 1.29 is 8.42 Å². The van der Waals surface area contributed by atoms with E-state index in [-0.39, 0.29) is 10.8 Å². The first-order valence-electron chi connectivity index (χ1n) is 8.58. The zero-order valence-corrected chi connectivity index (χ0v) is 17.1. The average Bonchev–Trinajstić information content (AvgIpc) is 2.60. The third-order valence-electron chi connectivity index (χ3n) is 4.61. The first-order valence-corrected chi connectivity index (χ1v) is 10.8. The Kier molecular flexibility index (Phi) is 5.94. The fraction of sp³-hybridized carbons (Fsp3) is 0.368. The third kappa shape index (κ3) is 4.07. The summed E-state index contributed by atoms with van der Waals surface area (Å²) < 4.78 is 27.6. The number of nitrogens with zero attached hydrogens (tertiary/aromatic N) is 1. The monoisotopic (exact) mass is 412 g/mol. The predicted octanol–water partition coefficient (Wildman–Crippen LogP) is 4.26. The standard InChI is InChI=1S/C19H22Cl2N2O2S/c1-3-7-22-26(24,25)15-6-4-5-13(8-15)17-11-23(2)12-18-16(17)9-14(20)10-19(18)21/h4-6,8-10,17,22H,3,7,11-12H2,1-2H3. The van der Waals surface area contributed by atoms with Crippen LogP contribution in [0.15, 0.2) is 41.3 Å². The van der Waals surface area contributed by atoms with E-state index >= 15 is 0 Å². The van der Waals surface area contributed by atoms with Crippen LogP contribution in [0.1, 0.15) is 36.0 Å². The van der Waals surface area contributed by atoms with E-state index in [1.54, 1.807) is 24.3 Å². The number of sulfonamides is 1. The maximum absolute atomic E-state index is 12.5. The Hall–Kier alpha value is -1.11. The smallest absolute Gasteiger partial charge is 0.240 e. The molecule has 140 valence electrons. The van der Waals surface area contributed by atoms with Crippen molar-refractivity contribution in [2.75, 3.05) is 20.1 Å². The first-order chi connectivity index (χ1) is 12.3. The number of halogens is 2. The van der Waals surface area contributed by atoms with Crippen molar-refractivity contribution in [1.82, 2.24) is 9.62 Å². The number of rotatable bonds is 5. The van der Waals surface area contributed by atoms with E-state index in [0.717, 1.165) is 36.2 Å². The fourth-order valence-corrected chi connectivity index (χ4v) is 5.11. The van der Waals surface area contributed by atoms with Crippen LogP contribution in [0.25, 0.3) is 0 Å². The summed E-state index contributed by atoms with van der Waals surface area (Å²) in [6.07, 6.45) is 0.747. The maximum Gasteiger partial charge on any atom is 0.240 e. The van der Waals surface area contributed by atoms with Crippen LogP contribution in [0.5, 0.6) is 0 Å². The number of hydrogen-bond acceptors (Lipinski definition) is 3. The fourth-order valence-electron chi connectivity index (χ4n) is 3.35. The van der Waals surface area contributed by atoms with Crippen molar-refractivity contribution in [3.8, 4) is 0 Å². The van der Waals surface area contributed by atoms with Gasteiger partial charge in [-0.2, -0.15) is 0 Å². The van der Waals surface area contributed by atoms with Gasteiger partial charge < -0.3 is 4.90 Å². The number of nitrogens with one attached hydrogen (secondary N) is 1. The summed E-state index contributed by atoms with van der Waals surface area (Å²) in [6, 6.07) is 10.8. The molecule has 0 saturated heterocycles. The van der Waals surface area contributed by atoms with Crippen LogP contribution in [0.3, 0.4) is 0 Å². The van der Waals surface area contributed by atoms with E-state index in [4.69, 9.17) is 23.2 Å². The van der Waals surface area contributed by atoms with E-state index in [1.165, 1.54) is 0 Å². The van der Waals surface area contributed by atoms with Crippen LogP contribution in [0, 0.1) is 0 Å². The molecule has 7 heteroatoms. The lowest BCUT2D eigenvalue weighted by atomic mass is 9.85. The van der Waals surface area contributed by atoms with Gasteiger partial charge in [-0.1, -0.05) is 42.3 Å². The van der Waals surface area contributed by atoms with Gasteiger partial charge in [0.15, 0.2) is 0 Å². The molecule has 1 unspecified atom stereocenters. The molecule has 0 aliphatic carbocycles. The Bertz CT molecular complexity index is 916. The van der Waals surface area contributed by atoms with Crippen LogP contribution in [-0.2, 0) is 16.6 Å². The van der Waals surface area contributed by atoms with E-state index in [1.807, 2.05) is 26.1 Å². The molecule has 0 radical (unpaired) electrons. The second kappa shape index (κ2) is 7.87. The van der Waals surface area contributed by atoms with Gasteiger partial charge in [-0.15, -0.1) is 0 Å². The van der Waals surface area contributed by atoms with Crippen molar-refractivity contribution in [3.05, 3.63) is 63.1 Å². The van der Waals surface area contributed by atoms with Gasteiger partial charge >= 0.3 is 0 Å². The minimum absolute atomic E-state index is 0.0151. The first kappa shape index (κ1) is 19.6. The van der Waals surface area contributed by atoms with Gasteiger partial charge in [0, 0.05) is 35.6 Å². The Balaban J connectivity index is 2.04. The molecule has 26 heavy (non-hydrogen) atoms. The molecule has 1 aliphatic heterocycles. The zero-order valence-electron chi connectivity index (χ0n) is 14.8. The molecule has 3 rings (SSSR count). The summed E-state index contributed by atoms with van der Waals surface area (Å²) in [5.74, 6) is 0.0151. The molecule has 0 fully saturated rings. The molecular weight excluding hydrogens is 391 g/mol. The predicted molar refractivity (Wildman–Crippen MR) is 107 cm³/mol. The van der Waals surface area contributed by atoms with Gasteiger partial charge in [-0.25, -0.2) is 13.1 Å². The van der Waals surface area contributed by atoms with Crippen molar-refractivity contribution in [3.63, 3.8) is 0 Å². The van der Waals surface area contributed by atoms with Crippen LogP contribution < -0.4 is 4.72 Å². The number of benzene rings is 2. The molecule has 0 spiro atoms. The van der Waals surface area contributed by atoms with Crippen LogP contribution in [0.2, 0.25) is 10.0 Å². The lowest BCUT2D eigenvalue weighted by Crippen LogP contribution is -2.31. The molecule has 1 N–H and O–H groups in total. The largest absolute Gasteiger partial charge is 0.301 e. The Morgan fingerprint density at radius 3 is 2.73 bits per heavy atom. The SMILES string of the molecule is CCCNS(=O)(=O)c1cccc(C2CN(C)Cc3c(Cl)cc(Cl)cc32)c1. The molecule has 1 aliphatic rings. The molecule has 0 saturated carbocycles. The Morgan fingerprint density at radius 1 is 1.23 bits per heavy atom. The van der Waals surface area contributed by atoms with Gasteiger partial charge in [-0.05, 0) is 54.4 Å².